The van der Waals surface area contributed by atoms with Gasteiger partial charge in [0.1, 0.15) is 6.61 Å². The van der Waals surface area contributed by atoms with Gasteiger partial charge in [-0.2, -0.15) is 5.26 Å². The molecule has 0 saturated carbocycles. The fraction of sp³-hybridized carbons (Fsp3) is 0.909. The molecule has 0 heterocycles. The molecule has 0 atom stereocenters. The van der Waals surface area contributed by atoms with Gasteiger partial charge in [0, 0.05) is 6.61 Å². The van der Waals surface area contributed by atoms with Crippen LogP contribution >= 0.6 is 0 Å². The van der Waals surface area contributed by atoms with Crippen LogP contribution in [0.2, 0.25) is 18.1 Å². The lowest BCUT2D eigenvalue weighted by atomic mass is 10.2. The maximum Gasteiger partial charge on any atom is 0.191 e. The van der Waals surface area contributed by atoms with Gasteiger partial charge in [-0.15, -0.1) is 0 Å². The molecule has 0 radical (unpaired) electrons. The second-order valence-corrected chi connectivity index (χ2v) is 9.98. The summed E-state index contributed by atoms with van der Waals surface area (Å²) in [6.07, 6.45) is 0.869. The fourth-order valence-electron chi connectivity index (χ4n) is 0.823. The zero-order valence-electron chi connectivity index (χ0n) is 10.6. The van der Waals surface area contributed by atoms with Crippen molar-refractivity contribution < 1.29 is 9.16 Å². The van der Waals surface area contributed by atoms with Crippen LogP contribution in [0.15, 0.2) is 0 Å². The summed E-state index contributed by atoms with van der Waals surface area (Å²) in [5.41, 5.74) is 0. The molecule has 88 valence electrons. The highest BCUT2D eigenvalue weighted by atomic mass is 28.4. The Bertz CT molecular complexity index is 216. The number of hydrogen-bond donors (Lipinski definition) is 0. The molecule has 0 aliphatic rings. The van der Waals surface area contributed by atoms with Crippen LogP contribution in [0, 0.1) is 11.3 Å². The van der Waals surface area contributed by atoms with Gasteiger partial charge in [0.15, 0.2) is 8.32 Å². The number of nitriles is 1. The average Bonchev–Trinajstić information content (AvgIpc) is 2.09. The van der Waals surface area contributed by atoms with Crippen molar-refractivity contribution in [2.24, 2.45) is 0 Å². The number of ether oxygens (including phenoxy) is 1. The minimum atomic E-state index is -1.59. The van der Waals surface area contributed by atoms with Crippen LogP contribution in [-0.4, -0.2) is 28.1 Å². The first-order valence-electron chi connectivity index (χ1n) is 5.40. The van der Waals surface area contributed by atoms with E-state index < -0.39 is 8.32 Å². The molecule has 0 spiro atoms. The Balaban J connectivity index is 3.64. The summed E-state index contributed by atoms with van der Waals surface area (Å²) in [5, 5.41) is 8.52. The second kappa shape index (κ2) is 6.26. The minimum absolute atomic E-state index is 0.181. The van der Waals surface area contributed by atoms with Gasteiger partial charge < -0.3 is 9.16 Å². The molecule has 0 saturated heterocycles. The van der Waals surface area contributed by atoms with E-state index in [0.29, 0.717) is 6.61 Å². The summed E-state index contributed by atoms with van der Waals surface area (Å²) in [7, 11) is -1.59. The maximum absolute atomic E-state index is 8.26. The minimum Gasteiger partial charge on any atom is -0.417 e. The van der Waals surface area contributed by atoms with E-state index in [1.807, 2.05) is 6.07 Å². The second-order valence-electron chi connectivity index (χ2n) is 5.17. The van der Waals surface area contributed by atoms with Crippen LogP contribution in [0.3, 0.4) is 0 Å². The fourth-order valence-corrected chi connectivity index (χ4v) is 1.91. The number of rotatable bonds is 6. The van der Waals surface area contributed by atoms with Gasteiger partial charge in [0.05, 0.1) is 12.7 Å². The predicted molar refractivity (Wildman–Crippen MR) is 64.2 cm³/mol. The van der Waals surface area contributed by atoms with Crippen LogP contribution in [0.25, 0.3) is 0 Å². The van der Waals surface area contributed by atoms with Gasteiger partial charge in [0.25, 0.3) is 0 Å². The molecule has 3 nitrogen and oxygen atoms in total. The van der Waals surface area contributed by atoms with Gasteiger partial charge >= 0.3 is 0 Å². The lowest BCUT2D eigenvalue weighted by Crippen LogP contribution is -2.41. The van der Waals surface area contributed by atoms with E-state index in [1.165, 1.54) is 0 Å². The van der Waals surface area contributed by atoms with Crippen LogP contribution in [-0.2, 0) is 9.16 Å². The van der Waals surface area contributed by atoms with Crippen molar-refractivity contribution in [2.45, 2.75) is 45.3 Å². The summed E-state index contributed by atoms with van der Waals surface area (Å²) in [5.74, 6) is 0. The third kappa shape index (κ3) is 5.93. The van der Waals surface area contributed by atoms with Crippen molar-refractivity contribution in [1.82, 2.24) is 0 Å². The Labute approximate surface area is 94.5 Å². The Morgan fingerprint density at radius 2 is 1.80 bits per heavy atom. The first-order chi connectivity index (χ1) is 6.81. The normalized spacial score (nSPS) is 12.5. The first kappa shape index (κ1) is 14.6. The molecule has 15 heavy (non-hydrogen) atoms. The molecule has 0 aromatic rings. The van der Waals surface area contributed by atoms with E-state index in [9.17, 15) is 0 Å². The van der Waals surface area contributed by atoms with E-state index in [2.05, 4.69) is 33.9 Å². The number of hydrogen-bond acceptors (Lipinski definition) is 3. The zero-order chi connectivity index (χ0) is 11.9. The van der Waals surface area contributed by atoms with Crippen molar-refractivity contribution in [2.75, 3.05) is 19.8 Å². The molecular weight excluding hydrogens is 206 g/mol. The average molecular weight is 229 g/mol. The summed E-state index contributed by atoms with van der Waals surface area (Å²) in [4.78, 5) is 0. The molecule has 0 N–H and O–H groups in total. The van der Waals surface area contributed by atoms with Crippen molar-refractivity contribution in [3.8, 4) is 6.07 Å². The summed E-state index contributed by atoms with van der Waals surface area (Å²) in [6, 6.07) is 1.94. The lowest BCUT2D eigenvalue weighted by Gasteiger charge is -2.36. The first-order valence-corrected chi connectivity index (χ1v) is 8.31. The van der Waals surface area contributed by atoms with Gasteiger partial charge in [-0.3, -0.25) is 0 Å². The van der Waals surface area contributed by atoms with Crippen LogP contribution in [0.1, 0.15) is 27.2 Å². The van der Waals surface area contributed by atoms with Gasteiger partial charge in [-0.05, 0) is 24.6 Å². The predicted octanol–water partition coefficient (Wildman–Crippen LogP) is 2.94. The Hall–Kier alpha value is -0.373. The highest BCUT2D eigenvalue weighted by molar-refractivity contribution is 6.74. The molecule has 0 aromatic heterocycles. The molecule has 0 rings (SSSR count). The molecule has 0 aromatic carbocycles. The standard InChI is InChI=1S/C11H23NO2Si/c1-11(2,3)15(4,5)14-9-6-8-13-10-7-12/h6,8-10H2,1-5H3. The highest BCUT2D eigenvalue weighted by Crippen LogP contribution is 2.36. The van der Waals surface area contributed by atoms with Crippen LogP contribution in [0.5, 0.6) is 0 Å². The van der Waals surface area contributed by atoms with E-state index >= 15 is 0 Å². The third-order valence-electron chi connectivity index (χ3n) is 2.87. The van der Waals surface area contributed by atoms with Crippen molar-refractivity contribution in [1.29, 1.82) is 5.26 Å². The third-order valence-corrected chi connectivity index (χ3v) is 7.41. The maximum atomic E-state index is 8.26. The number of nitrogens with zero attached hydrogens (tertiary/aromatic N) is 1. The molecule has 0 bridgehead atoms. The SMILES string of the molecule is CC(C)(C)[Si](C)(C)OCCCOCC#N. The van der Waals surface area contributed by atoms with E-state index in [1.54, 1.807) is 0 Å². The molecular formula is C11H23NO2Si. The Morgan fingerprint density at radius 3 is 2.27 bits per heavy atom. The summed E-state index contributed by atoms with van der Waals surface area (Å²) in [6.45, 7) is 12.7. The monoisotopic (exact) mass is 229 g/mol. The Kier molecular flexibility index (Phi) is 6.11. The summed E-state index contributed by atoms with van der Waals surface area (Å²) >= 11 is 0. The quantitative estimate of drug-likeness (QED) is 0.519. The van der Waals surface area contributed by atoms with E-state index in [-0.39, 0.29) is 11.6 Å². The molecule has 0 amide bonds. The van der Waals surface area contributed by atoms with Crippen LogP contribution in [0.4, 0.5) is 0 Å². The molecule has 0 aliphatic carbocycles. The van der Waals surface area contributed by atoms with Gasteiger partial charge in [-0.25, -0.2) is 0 Å². The van der Waals surface area contributed by atoms with Crippen molar-refractivity contribution in [3.63, 3.8) is 0 Å². The van der Waals surface area contributed by atoms with Gasteiger partial charge in [0.2, 0.25) is 0 Å². The van der Waals surface area contributed by atoms with E-state index in [0.717, 1.165) is 13.0 Å². The highest BCUT2D eigenvalue weighted by Gasteiger charge is 2.36. The molecule has 0 aliphatic heterocycles. The molecule has 0 fully saturated rings. The zero-order valence-corrected chi connectivity index (χ0v) is 11.6. The van der Waals surface area contributed by atoms with Crippen molar-refractivity contribution >= 4 is 8.32 Å². The Morgan fingerprint density at radius 1 is 1.20 bits per heavy atom. The summed E-state index contributed by atoms with van der Waals surface area (Å²) < 4.78 is 11.0. The molecule has 4 heteroatoms. The van der Waals surface area contributed by atoms with Gasteiger partial charge in [-0.1, -0.05) is 20.8 Å². The topological polar surface area (TPSA) is 42.2 Å². The van der Waals surface area contributed by atoms with Crippen molar-refractivity contribution in [3.05, 3.63) is 0 Å². The smallest absolute Gasteiger partial charge is 0.191 e. The van der Waals surface area contributed by atoms with E-state index in [4.69, 9.17) is 14.4 Å². The molecule has 0 unspecified atom stereocenters. The lowest BCUT2D eigenvalue weighted by molar-refractivity contribution is 0.143. The largest absolute Gasteiger partial charge is 0.417 e. The van der Waals surface area contributed by atoms with Crippen LogP contribution < -0.4 is 0 Å².